The van der Waals surface area contributed by atoms with E-state index in [2.05, 4.69) is 21.7 Å². The summed E-state index contributed by atoms with van der Waals surface area (Å²) in [5.74, 6) is 0.00804. The molecule has 1 spiro atoms. The number of rotatable bonds is 5. The van der Waals surface area contributed by atoms with E-state index in [1.54, 1.807) is 30.3 Å². The Bertz CT molecular complexity index is 520. The van der Waals surface area contributed by atoms with E-state index in [4.69, 9.17) is 9.47 Å². The number of thiophene rings is 1. The van der Waals surface area contributed by atoms with Gasteiger partial charge in [-0.3, -0.25) is 9.69 Å². The molecule has 1 amide bonds. The lowest BCUT2D eigenvalue weighted by molar-refractivity contribution is -0.135. The van der Waals surface area contributed by atoms with Gasteiger partial charge in [-0.15, -0.1) is 0 Å². The van der Waals surface area contributed by atoms with Crippen LogP contribution in [0.2, 0.25) is 0 Å². The van der Waals surface area contributed by atoms with Gasteiger partial charge < -0.3 is 14.4 Å². The van der Waals surface area contributed by atoms with Crippen LogP contribution < -0.4 is 0 Å². The monoisotopic (exact) mass is 338 g/mol. The summed E-state index contributed by atoms with van der Waals surface area (Å²) < 4.78 is 11.9. The quantitative estimate of drug-likeness (QED) is 0.823. The summed E-state index contributed by atoms with van der Waals surface area (Å²) in [6, 6.07) is 2.19. The number of carbonyl (C=O) groups is 1. The number of ether oxygens (including phenoxy) is 2. The van der Waals surface area contributed by atoms with E-state index >= 15 is 0 Å². The van der Waals surface area contributed by atoms with Crippen LogP contribution in [0.4, 0.5) is 0 Å². The molecule has 128 valence electrons. The van der Waals surface area contributed by atoms with Crippen LogP contribution in [0.5, 0.6) is 0 Å². The summed E-state index contributed by atoms with van der Waals surface area (Å²) in [5.41, 5.74) is 1.30. The number of amides is 1. The number of nitrogens with zero attached hydrogens (tertiary/aromatic N) is 2. The van der Waals surface area contributed by atoms with E-state index in [0.29, 0.717) is 6.61 Å². The van der Waals surface area contributed by atoms with Crippen LogP contribution >= 0.6 is 11.3 Å². The van der Waals surface area contributed by atoms with Gasteiger partial charge in [0, 0.05) is 33.6 Å². The highest BCUT2D eigenvalue weighted by atomic mass is 32.1. The average Bonchev–Trinajstić information content (AvgIpc) is 3.15. The van der Waals surface area contributed by atoms with Crippen molar-refractivity contribution in [1.29, 1.82) is 0 Å². The van der Waals surface area contributed by atoms with Crippen LogP contribution in [0.1, 0.15) is 24.8 Å². The zero-order valence-corrected chi connectivity index (χ0v) is 14.8. The first kappa shape index (κ1) is 16.9. The molecule has 0 aliphatic carbocycles. The molecule has 1 aromatic rings. The maximum absolute atomic E-state index is 11.6. The summed E-state index contributed by atoms with van der Waals surface area (Å²) in [6.07, 6.45) is 3.19. The van der Waals surface area contributed by atoms with E-state index in [9.17, 15) is 4.79 Å². The highest BCUT2D eigenvalue weighted by Gasteiger charge is 2.44. The Morgan fingerprint density at radius 3 is 3.17 bits per heavy atom. The number of likely N-dealkylation sites (N-methyl/N-ethyl adjacent to an activating group) is 1. The van der Waals surface area contributed by atoms with Crippen molar-refractivity contribution >= 4 is 17.2 Å². The lowest BCUT2D eigenvalue weighted by Gasteiger charge is -2.39. The van der Waals surface area contributed by atoms with E-state index in [1.807, 2.05) is 0 Å². The molecule has 0 saturated carbocycles. The predicted molar refractivity (Wildman–Crippen MR) is 90.6 cm³/mol. The van der Waals surface area contributed by atoms with Crippen molar-refractivity contribution in [3.63, 3.8) is 0 Å². The van der Waals surface area contributed by atoms with Crippen molar-refractivity contribution in [1.82, 2.24) is 9.80 Å². The Labute approximate surface area is 142 Å². The second-order valence-corrected chi connectivity index (χ2v) is 7.65. The van der Waals surface area contributed by atoms with Gasteiger partial charge >= 0.3 is 0 Å². The van der Waals surface area contributed by atoms with Crippen molar-refractivity contribution < 1.29 is 14.3 Å². The predicted octanol–water partition coefficient (Wildman–Crippen LogP) is 1.98. The van der Waals surface area contributed by atoms with Gasteiger partial charge in [0.05, 0.1) is 18.3 Å². The fourth-order valence-electron chi connectivity index (χ4n) is 3.48. The average molecular weight is 338 g/mol. The van der Waals surface area contributed by atoms with Gasteiger partial charge in [-0.1, -0.05) is 0 Å². The normalized spacial score (nSPS) is 28.3. The van der Waals surface area contributed by atoms with E-state index in [0.717, 1.165) is 38.9 Å². The van der Waals surface area contributed by atoms with E-state index in [-0.39, 0.29) is 24.2 Å². The molecular formula is C17H26N2O3S. The summed E-state index contributed by atoms with van der Waals surface area (Å²) in [7, 11) is 3.50. The molecule has 2 aliphatic rings. The van der Waals surface area contributed by atoms with Gasteiger partial charge in [-0.2, -0.15) is 11.3 Å². The molecule has 2 saturated heterocycles. The minimum atomic E-state index is -0.0832. The molecule has 2 fully saturated rings. The molecule has 0 unspecified atom stereocenters. The summed E-state index contributed by atoms with van der Waals surface area (Å²) in [4.78, 5) is 15.7. The topological polar surface area (TPSA) is 42.0 Å². The molecular weight excluding hydrogens is 312 g/mol. The van der Waals surface area contributed by atoms with Gasteiger partial charge in [0.1, 0.15) is 6.61 Å². The maximum Gasteiger partial charge on any atom is 0.248 e. The number of likely N-dealkylation sites (tertiary alicyclic amines) is 1. The second-order valence-electron chi connectivity index (χ2n) is 6.87. The molecule has 2 aliphatic heterocycles. The van der Waals surface area contributed by atoms with Gasteiger partial charge in [0.2, 0.25) is 5.91 Å². The SMILES string of the molecule is CN(C)C(=O)CO[C@H]1CO[C@@]2(CCCN(Cc3ccsc3)C2)C1. The van der Waals surface area contributed by atoms with Crippen LogP contribution in [-0.2, 0) is 20.8 Å². The van der Waals surface area contributed by atoms with E-state index < -0.39 is 0 Å². The zero-order valence-electron chi connectivity index (χ0n) is 14.0. The molecule has 3 rings (SSSR count). The van der Waals surface area contributed by atoms with Crippen molar-refractivity contribution in [2.75, 3.05) is 40.4 Å². The van der Waals surface area contributed by atoms with E-state index in [1.165, 1.54) is 5.56 Å². The molecule has 0 bridgehead atoms. The third-order valence-corrected chi connectivity index (χ3v) is 5.45. The molecule has 5 nitrogen and oxygen atoms in total. The van der Waals surface area contributed by atoms with Crippen molar-refractivity contribution in [2.45, 2.75) is 37.5 Å². The smallest absolute Gasteiger partial charge is 0.248 e. The fraction of sp³-hybridized carbons (Fsp3) is 0.706. The number of hydrogen-bond acceptors (Lipinski definition) is 5. The van der Waals surface area contributed by atoms with Crippen LogP contribution in [-0.4, -0.2) is 67.8 Å². The fourth-order valence-corrected chi connectivity index (χ4v) is 4.14. The molecule has 23 heavy (non-hydrogen) atoms. The molecule has 3 heterocycles. The second kappa shape index (κ2) is 7.30. The minimum absolute atomic E-state index is 0.00804. The number of carbonyl (C=O) groups excluding carboxylic acids is 1. The molecule has 0 N–H and O–H groups in total. The van der Waals surface area contributed by atoms with Gasteiger partial charge in [0.15, 0.2) is 0 Å². The lowest BCUT2D eigenvalue weighted by Crippen LogP contribution is -2.47. The highest BCUT2D eigenvalue weighted by molar-refractivity contribution is 7.07. The maximum atomic E-state index is 11.6. The first-order valence-electron chi connectivity index (χ1n) is 8.25. The summed E-state index contributed by atoms with van der Waals surface area (Å²) in [5, 5.41) is 4.35. The summed E-state index contributed by atoms with van der Waals surface area (Å²) in [6.45, 7) is 3.85. The standard InChI is InChI=1S/C17H26N2O3S/c1-18(2)16(20)11-21-15-8-17(22-10-15)5-3-6-19(13-17)9-14-4-7-23-12-14/h4,7,12,15H,3,5-6,8-11,13H2,1-2H3/t15-,17+/m1/s1. The zero-order chi connectivity index (χ0) is 16.3. The largest absolute Gasteiger partial charge is 0.371 e. The van der Waals surface area contributed by atoms with Gasteiger partial charge in [-0.25, -0.2) is 0 Å². The van der Waals surface area contributed by atoms with Crippen LogP contribution in [0.15, 0.2) is 16.8 Å². The molecule has 6 heteroatoms. The first-order valence-corrected chi connectivity index (χ1v) is 9.20. The molecule has 1 aromatic heterocycles. The first-order chi connectivity index (χ1) is 11.1. The number of hydrogen-bond donors (Lipinski definition) is 0. The highest BCUT2D eigenvalue weighted by Crippen LogP contribution is 2.36. The molecule has 0 radical (unpaired) electrons. The van der Waals surface area contributed by atoms with Crippen molar-refractivity contribution in [3.05, 3.63) is 22.4 Å². The van der Waals surface area contributed by atoms with Gasteiger partial charge in [-0.05, 0) is 41.8 Å². The molecule has 2 atom stereocenters. The van der Waals surface area contributed by atoms with Gasteiger partial charge in [0.25, 0.3) is 0 Å². The Kier molecular flexibility index (Phi) is 5.36. The third kappa shape index (κ3) is 4.32. The lowest BCUT2D eigenvalue weighted by atomic mass is 9.89. The Morgan fingerprint density at radius 2 is 2.43 bits per heavy atom. The molecule has 0 aromatic carbocycles. The summed E-state index contributed by atoms with van der Waals surface area (Å²) >= 11 is 1.75. The minimum Gasteiger partial charge on any atom is -0.371 e. The Hall–Kier alpha value is -0.950. The van der Waals surface area contributed by atoms with Crippen molar-refractivity contribution in [3.8, 4) is 0 Å². The Balaban J connectivity index is 1.50. The van der Waals surface area contributed by atoms with Crippen molar-refractivity contribution in [2.24, 2.45) is 0 Å². The third-order valence-electron chi connectivity index (χ3n) is 4.72. The van der Waals surface area contributed by atoms with Crippen LogP contribution in [0.3, 0.4) is 0 Å². The van der Waals surface area contributed by atoms with Crippen LogP contribution in [0.25, 0.3) is 0 Å². The van der Waals surface area contributed by atoms with Crippen LogP contribution in [0, 0.1) is 0 Å². The number of piperidine rings is 1. The Morgan fingerprint density at radius 1 is 1.57 bits per heavy atom.